The fraction of sp³-hybridized carbons (Fsp3) is 0.405. The van der Waals surface area contributed by atoms with Crippen molar-refractivity contribution >= 4 is 35.6 Å². The lowest BCUT2D eigenvalue weighted by Gasteiger charge is -2.37. The van der Waals surface area contributed by atoms with E-state index >= 15 is 0 Å². The second-order valence-electron chi connectivity index (χ2n) is 12.3. The minimum atomic E-state index is -4.40. The number of hydrogen-bond acceptors (Lipinski definition) is 8. The van der Waals surface area contributed by atoms with E-state index in [1.54, 1.807) is 12.1 Å². The highest BCUT2D eigenvalue weighted by Gasteiger charge is 2.36. The second-order valence-corrected chi connectivity index (χ2v) is 12.3. The third-order valence-electron chi connectivity index (χ3n) is 8.34. The van der Waals surface area contributed by atoms with E-state index in [2.05, 4.69) is 17.0 Å². The predicted molar refractivity (Wildman–Crippen MR) is 185 cm³/mol. The Morgan fingerprint density at radius 1 is 0.811 bits per heavy atom. The van der Waals surface area contributed by atoms with E-state index in [1.807, 2.05) is 25.1 Å². The number of oxime groups is 1. The van der Waals surface area contributed by atoms with Crippen molar-refractivity contribution in [2.24, 2.45) is 11.1 Å². The highest BCUT2D eigenvalue weighted by atomic mass is 19.4. The zero-order valence-corrected chi connectivity index (χ0v) is 29.2. The van der Waals surface area contributed by atoms with Gasteiger partial charge in [-0.2, -0.15) is 13.2 Å². The molecule has 4 rings (SSSR count). The average molecular weight is 749 g/mol. The van der Waals surface area contributed by atoms with E-state index < -0.39 is 41.6 Å². The van der Waals surface area contributed by atoms with Gasteiger partial charge in [-0.25, -0.2) is 19.2 Å². The van der Waals surface area contributed by atoms with Crippen molar-refractivity contribution in [3.8, 4) is 0 Å². The molecule has 0 unspecified atom stereocenters. The molecule has 2 aromatic carbocycles. The van der Waals surface area contributed by atoms with E-state index in [0.29, 0.717) is 60.8 Å². The van der Waals surface area contributed by atoms with Crippen LogP contribution in [0.1, 0.15) is 85.3 Å². The van der Waals surface area contributed by atoms with Gasteiger partial charge in [-0.15, -0.1) is 0 Å². The van der Waals surface area contributed by atoms with Crippen LogP contribution in [0.4, 0.5) is 13.2 Å². The third kappa shape index (κ3) is 15.7. The summed E-state index contributed by atoms with van der Waals surface area (Å²) in [5.74, 6) is -6.09. The highest BCUT2D eigenvalue weighted by molar-refractivity contribution is 5.98. The zero-order valence-electron chi connectivity index (χ0n) is 29.2. The zero-order chi connectivity index (χ0) is 39.7. The van der Waals surface area contributed by atoms with Gasteiger partial charge < -0.3 is 30.4 Å². The predicted octanol–water partition coefficient (Wildman–Crippen LogP) is 6.20. The van der Waals surface area contributed by atoms with Crippen molar-refractivity contribution in [2.45, 2.75) is 77.6 Å². The quantitative estimate of drug-likeness (QED) is 0.0881. The van der Waals surface area contributed by atoms with Gasteiger partial charge in [0.1, 0.15) is 6.61 Å². The van der Waals surface area contributed by atoms with Crippen molar-refractivity contribution in [3.63, 3.8) is 0 Å². The van der Waals surface area contributed by atoms with Gasteiger partial charge in [-0.05, 0) is 72.1 Å². The van der Waals surface area contributed by atoms with Gasteiger partial charge in [0.05, 0.1) is 17.2 Å². The van der Waals surface area contributed by atoms with Gasteiger partial charge in [-0.1, -0.05) is 55.6 Å². The minimum absolute atomic E-state index is 0.0315. The van der Waals surface area contributed by atoms with Crippen LogP contribution < -0.4 is 0 Å². The minimum Gasteiger partial charge on any atom is -0.481 e. The monoisotopic (exact) mass is 748 g/mol. The van der Waals surface area contributed by atoms with Gasteiger partial charge in [-0.3, -0.25) is 9.69 Å². The van der Waals surface area contributed by atoms with E-state index in [9.17, 15) is 37.1 Å². The molecule has 1 heterocycles. The number of hydrogen-bond donors (Lipinski definition) is 5. The fourth-order valence-corrected chi connectivity index (χ4v) is 5.68. The molecule has 2 fully saturated rings. The molecule has 1 aliphatic carbocycles. The molecule has 0 aromatic heterocycles. The Kier molecular flexibility index (Phi) is 17.4. The van der Waals surface area contributed by atoms with Gasteiger partial charge in [0.2, 0.25) is 0 Å². The molecule has 2 aromatic rings. The molecule has 16 heteroatoms. The third-order valence-corrected chi connectivity index (χ3v) is 8.34. The summed E-state index contributed by atoms with van der Waals surface area (Å²) in [5, 5.41) is 44.5. The van der Waals surface area contributed by atoms with E-state index in [0.717, 1.165) is 55.2 Å². The summed E-state index contributed by atoms with van der Waals surface area (Å²) >= 11 is 0. The van der Waals surface area contributed by atoms with Crippen LogP contribution >= 0.6 is 0 Å². The SMILES string of the molecule is CCc1cc(/C(C)=N/OCc2ccc(C3CCCCC3)c(C(F)(F)F)c2)ccc1CN1CC(C(=O)O)C1.O=C(O)/C=C/C(=O)O.O=C(O)/C=C/C(=O)O. The average Bonchev–Trinajstić information content (AvgIpc) is 3.08. The van der Waals surface area contributed by atoms with E-state index in [4.69, 9.17) is 30.4 Å². The molecular formula is C37H43F3N2O11. The molecule has 53 heavy (non-hydrogen) atoms. The number of halogens is 3. The topological polar surface area (TPSA) is 211 Å². The standard InChI is InChI=1S/C29H35F3N2O3.2C4H4O4/c1-3-21-14-23(10-11-24(21)15-34-16-25(17-34)28(35)36)19(2)33-37-18-20-9-12-26(22-7-5-4-6-8-22)27(13-20)29(30,31)32;2*5-3(6)1-2-4(7)8/h9-14,22,25H,3-8,15-18H2,1-2H3,(H,35,36);2*1-2H,(H,5,6)(H,7,8)/b33-19+;2*2-1+. The number of nitrogens with zero attached hydrogens (tertiary/aromatic N) is 2. The number of benzene rings is 2. The lowest BCUT2D eigenvalue weighted by molar-refractivity contribution is -0.148. The number of carbonyl (C=O) groups is 5. The molecule has 0 radical (unpaired) electrons. The van der Waals surface area contributed by atoms with Crippen molar-refractivity contribution < 1.29 is 67.5 Å². The maximum absolute atomic E-state index is 13.8. The molecule has 1 aliphatic heterocycles. The Labute approximate surface area is 303 Å². The lowest BCUT2D eigenvalue weighted by Crippen LogP contribution is -2.49. The molecule has 1 saturated heterocycles. The number of alkyl halides is 3. The first kappa shape index (κ1) is 43.7. The maximum Gasteiger partial charge on any atom is 0.416 e. The Hall–Kier alpha value is -5.51. The number of carboxylic acid groups (broad SMARTS) is 5. The normalized spacial score (nSPS) is 15.5. The van der Waals surface area contributed by atoms with Crippen molar-refractivity contribution in [1.29, 1.82) is 0 Å². The van der Waals surface area contributed by atoms with Crippen molar-refractivity contribution in [2.75, 3.05) is 13.1 Å². The number of carboxylic acids is 5. The van der Waals surface area contributed by atoms with Gasteiger partial charge >= 0.3 is 36.0 Å². The molecule has 0 amide bonds. The van der Waals surface area contributed by atoms with Crippen LogP contribution in [0.3, 0.4) is 0 Å². The molecule has 0 atom stereocenters. The molecule has 288 valence electrons. The van der Waals surface area contributed by atoms with Gasteiger partial charge in [0.25, 0.3) is 0 Å². The summed E-state index contributed by atoms with van der Waals surface area (Å²) in [6.45, 7) is 5.67. The number of likely N-dealkylation sites (tertiary alicyclic amines) is 1. The smallest absolute Gasteiger partial charge is 0.416 e. The fourth-order valence-electron chi connectivity index (χ4n) is 5.68. The summed E-state index contributed by atoms with van der Waals surface area (Å²) < 4.78 is 41.5. The molecule has 1 saturated carbocycles. The first-order valence-corrected chi connectivity index (χ1v) is 16.6. The first-order chi connectivity index (χ1) is 24.9. The molecular weight excluding hydrogens is 705 g/mol. The number of aliphatic carboxylic acids is 5. The van der Waals surface area contributed by atoms with Crippen LogP contribution in [0, 0.1) is 5.92 Å². The molecule has 2 aliphatic rings. The van der Waals surface area contributed by atoms with Gasteiger partial charge in [0.15, 0.2) is 0 Å². The summed E-state index contributed by atoms with van der Waals surface area (Å²) in [6, 6.07) is 10.6. The lowest BCUT2D eigenvalue weighted by atomic mass is 9.81. The maximum atomic E-state index is 13.8. The summed E-state index contributed by atoms with van der Waals surface area (Å²) in [4.78, 5) is 56.8. The Bertz CT molecular complexity index is 1630. The Balaban J connectivity index is 0.000000506. The van der Waals surface area contributed by atoms with Crippen LogP contribution in [-0.4, -0.2) is 79.1 Å². The van der Waals surface area contributed by atoms with Crippen LogP contribution in [0.25, 0.3) is 0 Å². The van der Waals surface area contributed by atoms with Crippen LogP contribution in [-0.2, 0) is 54.6 Å². The van der Waals surface area contributed by atoms with Crippen LogP contribution in [0.5, 0.6) is 0 Å². The van der Waals surface area contributed by atoms with Gasteiger partial charge in [0, 0.05) is 43.9 Å². The molecule has 0 spiro atoms. The first-order valence-electron chi connectivity index (χ1n) is 16.6. The van der Waals surface area contributed by atoms with E-state index in [1.165, 1.54) is 6.07 Å². The molecule has 5 N–H and O–H groups in total. The molecule has 13 nitrogen and oxygen atoms in total. The Morgan fingerprint density at radius 3 is 1.83 bits per heavy atom. The largest absolute Gasteiger partial charge is 0.481 e. The summed E-state index contributed by atoms with van der Waals surface area (Å²) in [6.07, 6.45) is 3.32. The Morgan fingerprint density at radius 2 is 1.36 bits per heavy atom. The van der Waals surface area contributed by atoms with Crippen LogP contribution in [0.15, 0.2) is 65.9 Å². The van der Waals surface area contributed by atoms with Crippen molar-refractivity contribution in [1.82, 2.24) is 4.90 Å². The second kappa shape index (κ2) is 21.1. The highest BCUT2D eigenvalue weighted by Crippen LogP contribution is 2.41. The number of rotatable bonds is 13. The van der Waals surface area contributed by atoms with Crippen molar-refractivity contribution in [3.05, 3.63) is 94.1 Å². The summed E-state index contributed by atoms with van der Waals surface area (Å²) in [5.41, 5.74) is 4.13. The molecule has 0 bridgehead atoms. The summed E-state index contributed by atoms with van der Waals surface area (Å²) in [7, 11) is 0. The number of aryl methyl sites for hydroxylation is 1. The van der Waals surface area contributed by atoms with Crippen LogP contribution in [0.2, 0.25) is 0 Å². The van der Waals surface area contributed by atoms with E-state index in [-0.39, 0.29) is 18.4 Å².